The number of rotatable bonds is 5. The molecular formula is C14H15NO3S. The zero-order valence-electron chi connectivity index (χ0n) is 10.6. The molecule has 0 saturated heterocycles. The lowest BCUT2D eigenvalue weighted by Gasteiger charge is -2.09. The molecule has 2 N–H and O–H groups in total. The van der Waals surface area contributed by atoms with Crippen molar-refractivity contribution < 1.29 is 14.3 Å². The number of benzene rings is 1. The normalized spacial score (nSPS) is 10.2. The molecule has 100 valence electrons. The van der Waals surface area contributed by atoms with Gasteiger partial charge in [0.1, 0.15) is 5.75 Å². The minimum Gasteiger partial charge on any atom is -0.495 e. The molecule has 0 saturated carbocycles. The molecule has 1 aromatic carbocycles. The first kappa shape index (κ1) is 13.4. The van der Waals surface area contributed by atoms with Gasteiger partial charge in [-0.25, -0.2) is 4.79 Å². The third-order valence-corrected chi connectivity index (χ3v) is 3.60. The van der Waals surface area contributed by atoms with Crippen molar-refractivity contribution in [3.63, 3.8) is 0 Å². The number of hydrogen-bond donors (Lipinski definition) is 1. The maximum absolute atomic E-state index is 11.9. The highest BCUT2D eigenvalue weighted by molar-refractivity contribution is 7.09. The summed E-state index contributed by atoms with van der Waals surface area (Å²) in [6, 6.07) is 9.04. The number of ether oxygens (including phenoxy) is 2. The van der Waals surface area contributed by atoms with Crippen molar-refractivity contribution in [1.29, 1.82) is 0 Å². The Kier molecular flexibility index (Phi) is 4.41. The lowest BCUT2D eigenvalue weighted by atomic mass is 10.1. The molecule has 0 aliphatic carbocycles. The zero-order valence-corrected chi connectivity index (χ0v) is 11.4. The van der Waals surface area contributed by atoms with E-state index in [0.29, 0.717) is 30.0 Å². The summed E-state index contributed by atoms with van der Waals surface area (Å²) < 4.78 is 10.3. The van der Waals surface area contributed by atoms with Crippen molar-refractivity contribution in [3.05, 3.63) is 46.2 Å². The Morgan fingerprint density at radius 2 is 2.16 bits per heavy atom. The molecule has 0 amide bonds. The first-order valence-corrected chi connectivity index (χ1v) is 6.72. The molecule has 1 aromatic heterocycles. The number of anilines is 1. The highest BCUT2D eigenvalue weighted by Crippen LogP contribution is 2.25. The average molecular weight is 277 g/mol. The summed E-state index contributed by atoms with van der Waals surface area (Å²) in [5, 5.41) is 2.00. The van der Waals surface area contributed by atoms with Crippen molar-refractivity contribution in [2.24, 2.45) is 0 Å². The predicted octanol–water partition coefficient (Wildman–Crippen LogP) is 2.74. The highest BCUT2D eigenvalue weighted by atomic mass is 32.1. The van der Waals surface area contributed by atoms with Crippen molar-refractivity contribution in [3.8, 4) is 5.75 Å². The van der Waals surface area contributed by atoms with E-state index >= 15 is 0 Å². The summed E-state index contributed by atoms with van der Waals surface area (Å²) in [5.41, 5.74) is 6.49. The summed E-state index contributed by atoms with van der Waals surface area (Å²) in [6.07, 6.45) is 0.716. The maximum Gasteiger partial charge on any atom is 0.340 e. The predicted molar refractivity (Wildman–Crippen MR) is 75.7 cm³/mol. The Balaban J connectivity index is 1.96. The van der Waals surface area contributed by atoms with Crippen LogP contribution in [-0.4, -0.2) is 19.7 Å². The fourth-order valence-electron chi connectivity index (χ4n) is 1.68. The zero-order chi connectivity index (χ0) is 13.7. The largest absolute Gasteiger partial charge is 0.495 e. The van der Waals surface area contributed by atoms with E-state index in [1.165, 1.54) is 12.0 Å². The van der Waals surface area contributed by atoms with Gasteiger partial charge in [0.25, 0.3) is 0 Å². The van der Waals surface area contributed by atoms with Crippen LogP contribution in [0.3, 0.4) is 0 Å². The van der Waals surface area contributed by atoms with Crippen LogP contribution in [0.25, 0.3) is 0 Å². The lowest BCUT2D eigenvalue weighted by Crippen LogP contribution is -2.10. The molecule has 0 fully saturated rings. The summed E-state index contributed by atoms with van der Waals surface area (Å²) in [7, 11) is 1.51. The first-order valence-electron chi connectivity index (χ1n) is 5.84. The second-order valence-electron chi connectivity index (χ2n) is 3.89. The summed E-state index contributed by atoms with van der Waals surface area (Å²) in [6.45, 7) is 0.343. The van der Waals surface area contributed by atoms with Crippen LogP contribution >= 0.6 is 11.3 Å². The second kappa shape index (κ2) is 6.24. The maximum atomic E-state index is 11.9. The first-order chi connectivity index (χ1) is 9.22. The number of hydrogen-bond acceptors (Lipinski definition) is 5. The standard InChI is InChI=1S/C14H15NO3S/c1-17-12-6-2-5-11(13(12)15)14(16)18-8-7-10-4-3-9-19-10/h2-6,9H,7-8,15H2,1H3. The third-order valence-electron chi connectivity index (χ3n) is 2.67. The number of esters is 1. The van der Waals surface area contributed by atoms with Crippen LogP contribution in [0.15, 0.2) is 35.7 Å². The van der Waals surface area contributed by atoms with E-state index < -0.39 is 5.97 Å². The van der Waals surface area contributed by atoms with Crippen LogP contribution in [0.5, 0.6) is 5.75 Å². The van der Waals surface area contributed by atoms with Crippen molar-refractivity contribution in [2.45, 2.75) is 6.42 Å². The molecule has 1 heterocycles. The average Bonchev–Trinajstić information content (AvgIpc) is 2.92. The van der Waals surface area contributed by atoms with Crippen LogP contribution in [0.4, 0.5) is 5.69 Å². The molecule has 2 rings (SSSR count). The molecule has 0 aliphatic rings. The van der Waals surface area contributed by atoms with Crippen LogP contribution in [0, 0.1) is 0 Å². The van der Waals surface area contributed by atoms with Gasteiger partial charge in [0.05, 0.1) is 25.0 Å². The van der Waals surface area contributed by atoms with Gasteiger partial charge in [-0.1, -0.05) is 12.1 Å². The van der Waals surface area contributed by atoms with E-state index in [0.717, 1.165) is 0 Å². The Bertz CT molecular complexity index is 552. The lowest BCUT2D eigenvalue weighted by molar-refractivity contribution is 0.0511. The van der Waals surface area contributed by atoms with Crippen molar-refractivity contribution in [1.82, 2.24) is 0 Å². The smallest absolute Gasteiger partial charge is 0.340 e. The molecule has 4 nitrogen and oxygen atoms in total. The molecule has 5 heteroatoms. The van der Waals surface area contributed by atoms with Crippen LogP contribution < -0.4 is 10.5 Å². The Morgan fingerprint density at radius 1 is 1.32 bits per heavy atom. The molecular weight excluding hydrogens is 262 g/mol. The van der Waals surface area contributed by atoms with Crippen LogP contribution in [0.2, 0.25) is 0 Å². The van der Waals surface area contributed by atoms with Crippen LogP contribution in [-0.2, 0) is 11.2 Å². The van der Waals surface area contributed by atoms with E-state index in [1.807, 2.05) is 17.5 Å². The van der Waals surface area contributed by atoms with Gasteiger partial charge in [0.15, 0.2) is 0 Å². The van der Waals surface area contributed by atoms with Gasteiger partial charge in [0, 0.05) is 11.3 Å². The van der Waals surface area contributed by atoms with E-state index in [2.05, 4.69) is 0 Å². The van der Waals surface area contributed by atoms with E-state index in [9.17, 15) is 4.79 Å². The Hall–Kier alpha value is -2.01. The molecule has 19 heavy (non-hydrogen) atoms. The van der Waals surface area contributed by atoms with E-state index in [-0.39, 0.29) is 0 Å². The minimum absolute atomic E-state index is 0.311. The number of nitrogens with two attached hydrogens (primary N) is 1. The summed E-state index contributed by atoms with van der Waals surface area (Å²) in [4.78, 5) is 13.1. The van der Waals surface area contributed by atoms with Gasteiger partial charge >= 0.3 is 5.97 Å². The number of thiophene rings is 1. The van der Waals surface area contributed by atoms with Gasteiger partial charge in [-0.15, -0.1) is 11.3 Å². The summed E-state index contributed by atoms with van der Waals surface area (Å²) in [5.74, 6) is 0.0562. The minimum atomic E-state index is -0.423. The molecule has 0 atom stereocenters. The SMILES string of the molecule is COc1cccc(C(=O)OCCc2cccs2)c1N. The highest BCUT2D eigenvalue weighted by Gasteiger charge is 2.14. The number of para-hydroxylation sites is 1. The van der Waals surface area contributed by atoms with Gasteiger partial charge < -0.3 is 15.2 Å². The fraction of sp³-hybridized carbons (Fsp3) is 0.214. The van der Waals surface area contributed by atoms with Gasteiger partial charge in [-0.2, -0.15) is 0 Å². The van der Waals surface area contributed by atoms with Gasteiger partial charge in [-0.3, -0.25) is 0 Å². The quantitative estimate of drug-likeness (QED) is 0.674. The third kappa shape index (κ3) is 3.26. The van der Waals surface area contributed by atoms with Crippen LogP contribution in [0.1, 0.15) is 15.2 Å². The fourth-order valence-corrected chi connectivity index (χ4v) is 2.37. The van der Waals surface area contributed by atoms with Gasteiger partial charge in [-0.05, 0) is 23.6 Å². The number of carbonyl (C=O) groups is 1. The number of methoxy groups -OCH3 is 1. The molecule has 0 radical (unpaired) electrons. The Morgan fingerprint density at radius 3 is 2.84 bits per heavy atom. The molecule has 0 unspecified atom stereocenters. The van der Waals surface area contributed by atoms with E-state index in [4.69, 9.17) is 15.2 Å². The second-order valence-corrected chi connectivity index (χ2v) is 4.92. The number of carbonyl (C=O) groups excluding carboxylic acids is 1. The molecule has 0 bridgehead atoms. The number of nitrogen functional groups attached to an aromatic ring is 1. The van der Waals surface area contributed by atoms with Crippen molar-refractivity contribution >= 4 is 23.0 Å². The topological polar surface area (TPSA) is 61.5 Å². The van der Waals surface area contributed by atoms with Crippen molar-refractivity contribution in [2.75, 3.05) is 19.5 Å². The summed E-state index contributed by atoms with van der Waals surface area (Å²) >= 11 is 1.64. The Labute approximate surface area is 115 Å². The van der Waals surface area contributed by atoms with E-state index in [1.54, 1.807) is 29.5 Å². The molecule has 2 aromatic rings. The monoisotopic (exact) mass is 277 g/mol. The molecule has 0 aliphatic heterocycles. The van der Waals surface area contributed by atoms with Gasteiger partial charge in [0.2, 0.25) is 0 Å². The molecule has 0 spiro atoms.